The Morgan fingerprint density at radius 3 is 2.56 bits per heavy atom. The van der Waals surface area contributed by atoms with Crippen LogP contribution in [0.15, 0.2) is 60.8 Å². The van der Waals surface area contributed by atoms with Crippen molar-refractivity contribution < 1.29 is 4.79 Å². The van der Waals surface area contributed by atoms with E-state index < -0.39 is 0 Å². The van der Waals surface area contributed by atoms with E-state index in [1.165, 1.54) is 35.8 Å². The minimum atomic E-state index is -0.0531. The second kappa shape index (κ2) is 8.30. The Bertz CT molecular complexity index is 881. The van der Waals surface area contributed by atoms with Crippen molar-refractivity contribution in [1.82, 2.24) is 15.6 Å². The summed E-state index contributed by atoms with van der Waals surface area (Å²) in [7, 11) is 0. The molecule has 140 valence electrons. The van der Waals surface area contributed by atoms with Gasteiger partial charge in [-0.25, -0.2) is 4.79 Å². The molecular formula is C23H27N3O. The summed E-state index contributed by atoms with van der Waals surface area (Å²) in [6, 6.07) is 19.0. The molecule has 2 amide bonds. The molecule has 1 heterocycles. The summed E-state index contributed by atoms with van der Waals surface area (Å²) in [5.41, 5.74) is 3.55. The maximum Gasteiger partial charge on any atom is 0.315 e. The van der Waals surface area contributed by atoms with Crippen LogP contribution in [0.25, 0.3) is 10.9 Å². The fourth-order valence-corrected chi connectivity index (χ4v) is 4.15. The summed E-state index contributed by atoms with van der Waals surface area (Å²) in [6.45, 7) is 0.574. The van der Waals surface area contributed by atoms with Gasteiger partial charge >= 0.3 is 6.03 Å². The molecule has 0 unspecified atom stereocenters. The molecule has 1 atom stereocenters. The molecule has 1 fully saturated rings. The molecule has 2 aromatic carbocycles. The molecule has 4 heteroatoms. The number of hydrogen-bond donors (Lipinski definition) is 3. The first-order valence-corrected chi connectivity index (χ1v) is 9.96. The van der Waals surface area contributed by atoms with E-state index >= 15 is 0 Å². The highest BCUT2D eigenvalue weighted by Crippen LogP contribution is 2.30. The van der Waals surface area contributed by atoms with E-state index in [4.69, 9.17) is 0 Å². The Balaban J connectivity index is 1.51. The van der Waals surface area contributed by atoms with Gasteiger partial charge in [0.2, 0.25) is 0 Å². The molecule has 3 N–H and O–H groups in total. The maximum absolute atomic E-state index is 12.5. The van der Waals surface area contributed by atoms with Crippen molar-refractivity contribution in [2.75, 3.05) is 6.54 Å². The van der Waals surface area contributed by atoms with E-state index in [9.17, 15) is 4.79 Å². The van der Waals surface area contributed by atoms with Crippen molar-refractivity contribution in [3.63, 3.8) is 0 Å². The molecule has 3 aromatic rings. The second-order valence-corrected chi connectivity index (χ2v) is 7.44. The second-order valence-electron chi connectivity index (χ2n) is 7.44. The Kier molecular flexibility index (Phi) is 5.42. The number of carbonyl (C=O) groups excluding carboxylic acids is 1. The molecule has 4 nitrogen and oxygen atoms in total. The Labute approximate surface area is 160 Å². The predicted molar refractivity (Wildman–Crippen MR) is 110 cm³/mol. The zero-order chi connectivity index (χ0) is 18.5. The predicted octanol–water partition coefficient (Wildman–Crippen LogP) is 4.93. The Morgan fingerprint density at radius 1 is 1.00 bits per heavy atom. The van der Waals surface area contributed by atoms with Gasteiger partial charge in [0.15, 0.2) is 0 Å². The fourth-order valence-electron chi connectivity index (χ4n) is 4.15. The summed E-state index contributed by atoms with van der Waals surface area (Å²) in [4.78, 5) is 15.8. The quantitative estimate of drug-likeness (QED) is 0.593. The van der Waals surface area contributed by atoms with Gasteiger partial charge in [-0.1, -0.05) is 67.8 Å². The molecular weight excluding hydrogens is 334 g/mol. The number of nitrogens with one attached hydrogen (secondary N) is 3. The average molecular weight is 361 g/mol. The molecule has 0 aliphatic heterocycles. The number of rotatable bonds is 5. The van der Waals surface area contributed by atoms with Crippen molar-refractivity contribution in [3.8, 4) is 0 Å². The van der Waals surface area contributed by atoms with Crippen molar-refractivity contribution in [3.05, 3.63) is 71.9 Å². The van der Waals surface area contributed by atoms with Gasteiger partial charge in [-0.3, -0.25) is 0 Å². The monoisotopic (exact) mass is 361 g/mol. The smallest absolute Gasteiger partial charge is 0.315 e. The van der Waals surface area contributed by atoms with Crippen LogP contribution < -0.4 is 10.6 Å². The molecule has 1 aromatic heterocycles. The highest BCUT2D eigenvalue weighted by Gasteiger charge is 2.20. The molecule has 27 heavy (non-hydrogen) atoms. The SMILES string of the molecule is O=C(NC[C@H](c1ccccc1)c1c[nH]c2ccccc12)NC1CCCCC1. The first-order valence-electron chi connectivity index (χ1n) is 9.96. The number of carbonyl (C=O) groups is 1. The number of aromatic amines is 1. The van der Waals surface area contributed by atoms with Gasteiger partial charge in [0, 0.05) is 35.6 Å². The lowest BCUT2D eigenvalue weighted by molar-refractivity contribution is 0.232. The van der Waals surface area contributed by atoms with E-state index in [2.05, 4.69) is 64.3 Å². The topological polar surface area (TPSA) is 56.9 Å². The number of H-pyrrole nitrogens is 1. The highest BCUT2D eigenvalue weighted by molar-refractivity contribution is 5.84. The molecule has 0 bridgehead atoms. The molecule has 0 spiro atoms. The number of urea groups is 1. The van der Waals surface area contributed by atoms with Gasteiger partial charge in [-0.05, 0) is 30.0 Å². The van der Waals surface area contributed by atoms with Crippen molar-refractivity contribution in [1.29, 1.82) is 0 Å². The summed E-state index contributed by atoms with van der Waals surface area (Å²) in [6.07, 6.45) is 7.98. The van der Waals surface area contributed by atoms with E-state index in [1.54, 1.807) is 0 Å². The summed E-state index contributed by atoms with van der Waals surface area (Å²) >= 11 is 0. The average Bonchev–Trinajstić information content (AvgIpc) is 3.14. The highest BCUT2D eigenvalue weighted by atomic mass is 16.2. The third kappa shape index (κ3) is 4.16. The molecule has 0 radical (unpaired) electrons. The van der Waals surface area contributed by atoms with Crippen LogP contribution >= 0.6 is 0 Å². The molecule has 0 saturated heterocycles. The molecule has 1 aliphatic carbocycles. The lowest BCUT2D eigenvalue weighted by Gasteiger charge is -2.24. The Morgan fingerprint density at radius 2 is 1.74 bits per heavy atom. The fraction of sp³-hybridized carbons (Fsp3) is 0.348. The van der Waals surface area contributed by atoms with Gasteiger partial charge in [0.05, 0.1) is 0 Å². The van der Waals surface area contributed by atoms with Crippen LogP contribution in [0.5, 0.6) is 0 Å². The van der Waals surface area contributed by atoms with Crippen LogP contribution in [0, 0.1) is 0 Å². The summed E-state index contributed by atoms with van der Waals surface area (Å²) in [5.74, 6) is 0.111. The van der Waals surface area contributed by atoms with Gasteiger partial charge in [-0.2, -0.15) is 0 Å². The van der Waals surface area contributed by atoms with E-state index in [-0.39, 0.29) is 11.9 Å². The molecule has 4 rings (SSSR count). The van der Waals surface area contributed by atoms with Crippen LogP contribution in [0.1, 0.15) is 49.1 Å². The number of amides is 2. The number of benzene rings is 2. The first kappa shape index (κ1) is 17.7. The van der Waals surface area contributed by atoms with E-state index in [0.717, 1.165) is 18.4 Å². The number of hydrogen-bond acceptors (Lipinski definition) is 1. The summed E-state index contributed by atoms with van der Waals surface area (Å²) < 4.78 is 0. The summed E-state index contributed by atoms with van der Waals surface area (Å²) in [5, 5.41) is 7.48. The van der Waals surface area contributed by atoms with Crippen LogP contribution in [0.4, 0.5) is 4.79 Å². The first-order chi connectivity index (χ1) is 13.3. The van der Waals surface area contributed by atoms with Crippen LogP contribution in [0.2, 0.25) is 0 Å². The standard InChI is InChI=1S/C23H27N3O/c27-23(26-18-11-5-2-6-12-18)25-15-20(17-9-3-1-4-10-17)21-16-24-22-14-8-7-13-19(21)22/h1,3-4,7-10,13-14,16,18,20,24H,2,5-6,11-12,15H2,(H2,25,26,27)/t20-/m1/s1. The third-order valence-electron chi connectivity index (χ3n) is 5.61. The lowest BCUT2D eigenvalue weighted by Crippen LogP contribution is -2.44. The number of aromatic nitrogens is 1. The third-order valence-corrected chi connectivity index (χ3v) is 5.61. The number of para-hydroxylation sites is 1. The normalized spacial score (nSPS) is 16.1. The van der Waals surface area contributed by atoms with Crippen LogP contribution in [-0.2, 0) is 0 Å². The zero-order valence-corrected chi connectivity index (χ0v) is 15.6. The Hall–Kier alpha value is -2.75. The lowest BCUT2D eigenvalue weighted by atomic mass is 9.91. The zero-order valence-electron chi connectivity index (χ0n) is 15.6. The van der Waals surface area contributed by atoms with Gasteiger partial charge in [0.25, 0.3) is 0 Å². The van der Waals surface area contributed by atoms with Crippen molar-refractivity contribution >= 4 is 16.9 Å². The van der Waals surface area contributed by atoms with Gasteiger partial charge in [-0.15, -0.1) is 0 Å². The maximum atomic E-state index is 12.5. The minimum Gasteiger partial charge on any atom is -0.361 e. The van der Waals surface area contributed by atoms with Crippen molar-refractivity contribution in [2.24, 2.45) is 0 Å². The van der Waals surface area contributed by atoms with Gasteiger partial charge < -0.3 is 15.6 Å². The van der Waals surface area contributed by atoms with E-state index in [0.29, 0.717) is 12.6 Å². The molecule has 1 saturated carbocycles. The number of fused-ring (bicyclic) bond motifs is 1. The van der Waals surface area contributed by atoms with E-state index in [1.807, 2.05) is 12.1 Å². The minimum absolute atomic E-state index is 0.0531. The van der Waals surface area contributed by atoms with Crippen molar-refractivity contribution in [2.45, 2.75) is 44.1 Å². The molecule has 1 aliphatic rings. The largest absolute Gasteiger partial charge is 0.361 e. The van der Waals surface area contributed by atoms with Crippen LogP contribution in [0.3, 0.4) is 0 Å². The van der Waals surface area contributed by atoms with Gasteiger partial charge in [0.1, 0.15) is 0 Å². The van der Waals surface area contributed by atoms with Crippen LogP contribution in [-0.4, -0.2) is 23.6 Å².